The molecule has 1 saturated carbocycles. The third-order valence-corrected chi connectivity index (χ3v) is 5.89. The number of ether oxygens (including phenoxy) is 1. The fourth-order valence-electron chi connectivity index (χ4n) is 4.39. The summed E-state index contributed by atoms with van der Waals surface area (Å²) in [6.45, 7) is 4.53. The van der Waals surface area contributed by atoms with Crippen LogP contribution in [-0.2, 0) is 11.3 Å². The molecule has 27 heavy (non-hydrogen) atoms. The van der Waals surface area contributed by atoms with Gasteiger partial charge < -0.3 is 9.84 Å². The van der Waals surface area contributed by atoms with Crippen LogP contribution in [-0.4, -0.2) is 58.0 Å². The second-order valence-electron chi connectivity index (χ2n) is 7.56. The van der Waals surface area contributed by atoms with Crippen LogP contribution in [0.2, 0.25) is 0 Å². The first-order chi connectivity index (χ1) is 13.1. The number of morpholine rings is 1. The van der Waals surface area contributed by atoms with Crippen LogP contribution in [0, 0.1) is 0 Å². The highest BCUT2D eigenvalue weighted by atomic mass is 16.5. The summed E-state index contributed by atoms with van der Waals surface area (Å²) in [5.74, 6) is -0.963. The number of aromatic nitrogens is 2. The third kappa shape index (κ3) is 3.66. The van der Waals surface area contributed by atoms with Gasteiger partial charge in [-0.05, 0) is 31.0 Å². The minimum atomic E-state index is -0.963. The van der Waals surface area contributed by atoms with E-state index in [0.717, 1.165) is 69.6 Å². The van der Waals surface area contributed by atoms with Gasteiger partial charge in [-0.2, -0.15) is 0 Å². The van der Waals surface area contributed by atoms with Gasteiger partial charge in [-0.25, -0.2) is 9.59 Å². The van der Waals surface area contributed by atoms with Crippen LogP contribution < -0.4 is 5.69 Å². The monoisotopic (exact) mass is 373 g/mol. The first kappa shape index (κ1) is 18.3. The first-order valence-electron chi connectivity index (χ1n) is 9.93. The molecule has 2 aliphatic rings. The second-order valence-corrected chi connectivity index (χ2v) is 7.56. The predicted octanol–water partition coefficient (Wildman–Crippen LogP) is 2.34. The van der Waals surface area contributed by atoms with E-state index in [2.05, 4.69) is 4.90 Å². The van der Waals surface area contributed by atoms with Gasteiger partial charge in [0.25, 0.3) is 0 Å². The number of imidazole rings is 1. The topological polar surface area (TPSA) is 76.7 Å². The van der Waals surface area contributed by atoms with Gasteiger partial charge in [-0.15, -0.1) is 0 Å². The Morgan fingerprint density at radius 2 is 1.81 bits per heavy atom. The number of fused-ring (bicyclic) bond motifs is 1. The molecule has 1 saturated heterocycles. The summed E-state index contributed by atoms with van der Waals surface area (Å²) in [5.41, 5.74) is 1.81. The van der Waals surface area contributed by atoms with Crippen molar-refractivity contribution in [2.45, 2.75) is 44.7 Å². The summed E-state index contributed by atoms with van der Waals surface area (Å²) < 4.78 is 9.08. The molecular formula is C20H27N3O4. The highest BCUT2D eigenvalue weighted by molar-refractivity contribution is 5.92. The van der Waals surface area contributed by atoms with E-state index in [4.69, 9.17) is 4.74 Å². The van der Waals surface area contributed by atoms with Gasteiger partial charge in [0.15, 0.2) is 0 Å². The van der Waals surface area contributed by atoms with Crippen LogP contribution in [0.15, 0.2) is 23.0 Å². The van der Waals surface area contributed by atoms with Gasteiger partial charge in [0.2, 0.25) is 0 Å². The van der Waals surface area contributed by atoms with E-state index in [1.165, 1.54) is 6.42 Å². The lowest BCUT2D eigenvalue weighted by atomic mass is 9.95. The number of carbonyl (C=O) groups is 1. The number of aromatic carboxylic acids is 1. The predicted molar refractivity (Wildman–Crippen MR) is 103 cm³/mol. The fraction of sp³-hybridized carbons (Fsp3) is 0.600. The zero-order valence-corrected chi connectivity index (χ0v) is 15.6. The van der Waals surface area contributed by atoms with E-state index in [1.54, 1.807) is 22.8 Å². The third-order valence-electron chi connectivity index (χ3n) is 5.89. The van der Waals surface area contributed by atoms with Crippen LogP contribution in [0.25, 0.3) is 11.0 Å². The molecule has 0 spiro atoms. The number of carboxylic acid groups (broad SMARTS) is 1. The summed E-state index contributed by atoms with van der Waals surface area (Å²) in [4.78, 5) is 27.0. The maximum Gasteiger partial charge on any atom is 0.335 e. The highest BCUT2D eigenvalue weighted by Gasteiger charge is 2.23. The van der Waals surface area contributed by atoms with Crippen LogP contribution >= 0.6 is 0 Å². The van der Waals surface area contributed by atoms with Crippen molar-refractivity contribution in [3.63, 3.8) is 0 Å². The van der Waals surface area contributed by atoms with Gasteiger partial charge in [0, 0.05) is 32.2 Å². The Morgan fingerprint density at radius 1 is 1.07 bits per heavy atom. The molecule has 1 aliphatic heterocycles. The van der Waals surface area contributed by atoms with Gasteiger partial charge in [-0.3, -0.25) is 14.0 Å². The van der Waals surface area contributed by atoms with Crippen molar-refractivity contribution in [2.24, 2.45) is 0 Å². The molecule has 7 nitrogen and oxygen atoms in total. The largest absolute Gasteiger partial charge is 0.478 e. The number of hydrogen-bond donors (Lipinski definition) is 1. The summed E-state index contributed by atoms with van der Waals surface area (Å²) in [5, 5.41) is 9.38. The van der Waals surface area contributed by atoms with Crippen molar-refractivity contribution < 1.29 is 14.6 Å². The van der Waals surface area contributed by atoms with Crippen molar-refractivity contribution in [1.29, 1.82) is 0 Å². The maximum absolute atomic E-state index is 13.3. The zero-order valence-electron chi connectivity index (χ0n) is 15.6. The summed E-state index contributed by atoms with van der Waals surface area (Å²) >= 11 is 0. The Labute approximate surface area is 158 Å². The van der Waals surface area contributed by atoms with Crippen LogP contribution in [0.3, 0.4) is 0 Å². The van der Waals surface area contributed by atoms with E-state index < -0.39 is 5.97 Å². The minimum absolute atomic E-state index is 0.00676. The Morgan fingerprint density at radius 3 is 2.52 bits per heavy atom. The lowest BCUT2D eigenvalue weighted by Crippen LogP contribution is -2.39. The molecule has 2 aromatic rings. The van der Waals surface area contributed by atoms with Crippen molar-refractivity contribution in [3.05, 3.63) is 34.2 Å². The molecule has 1 aromatic heterocycles. The number of carboxylic acids is 1. The fourth-order valence-corrected chi connectivity index (χ4v) is 4.39. The number of hydrogen-bond acceptors (Lipinski definition) is 4. The lowest BCUT2D eigenvalue weighted by molar-refractivity contribution is 0.0364. The summed E-state index contributed by atoms with van der Waals surface area (Å²) in [7, 11) is 0. The molecule has 0 bridgehead atoms. The molecule has 2 fully saturated rings. The Kier molecular flexibility index (Phi) is 5.31. The van der Waals surface area contributed by atoms with Crippen molar-refractivity contribution in [2.75, 3.05) is 32.8 Å². The van der Waals surface area contributed by atoms with Crippen molar-refractivity contribution in [1.82, 2.24) is 14.0 Å². The van der Waals surface area contributed by atoms with Crippen LogP contribution in [0.4, 0.5) is 0 Å². The Hall–Kier alpha value is -2.12. The maximum atomic E-state index is 13.3. The van der Waals surface area contributed by atoms with E-state index in [-0.39, 0.29) is 17.3 Å². The van der Waals surface area contributed by atoms with Crippen LogP contribution in [0.5, 0.6) is 0 Å². The van der Waals surface area contributed by atoms with E-state index >= 15 is 0 Å². The number of rotatable bonds is 5. The number of nitrogens with zero attached hydrogens (tertiary/aromatic N) is 3. The second kappa shape index (κ2) is 7.86. The van der Waals surface area contributed by atoms with Crippen LogP contribution in [0.1, 0.15) is 48.5 Å². The van der Waals surface area contributed by atoms with E-state index in [9.17, 15) is 14.7 Å². The van der Waals surface area contributed by atoms with Gasteiger partial charge in [0.05, 0.1) is 29.8 Å². The molecule has 0 radical (unpaired) electrons. The number of benzene rings is 1. The molecule has 1 aliphatic carbocycles. The molecule has 7 heteroatoms. The SMILES string of the molecule is O=C(O)c1ccc2c(c1)n(CCN1CCOCC1)c(=O)n2C1CCCCC1. The normalized spacial score (nSPS) is 19.6. The molecule has 0 amide bonds. The molecule has 4 rings (SSSR count). The molecule has 2 heterocycles. The Balaban J connectivity index is 1.72. The highest BCUT2D eigenvalue weighted by Crippen LogP contribution is 2.30. The average Bonchev–Trinajstić information content (AvgIpc) is 2.98. The summed E-state index contributed by atoms with van der Waals surface area (Å²) in [6, 6.07) is 5.28. The molecule has 0 unspecified atom stereocenters. The lowest BCUT2D eigenvalue weighted by Gasteiger charge is -2.26. The molecule has 1 N–H and O–H groups in total. The van der Waals surface area contributed by atoms with Crippen molar-refractivity contribution in [3.8, 4) is 0 Å². The van der Waals surface area contributed by atoms with Crippen molar-refractivity contribution >= 4 is 17.0 Å². The molecule has 146 valence electrons. The molecular weight excluding hydrogens is 346 g/mol. The minimum Gasteiger partial charge on any atom is -0.478 e. The molecule has 1 aromatic carbocycles. The quantitative estimate of drug-likeness (QED) is 0.871. The average molecular weight is 373 g/mol. The first-order valence-corrected chi connectivity index (χ1v) is 9.93. The molecule has 0 atom stereocenters. The van der Waals surface area contributed by atoms with E-state index in [1.807, 2.05) is 4.57 Å². The summed E-state index contributed by atoms with van der Waals surface area (Å²) in [6.07, 6.45) is 5.55. The van der Waals surface area contributed by atoms with E-state index in [0.29, 0.717) is 6.54 Å². The smallest absolute Gasteiger partial charge is 0.335 e. The zero-order chi connectivity index (χ0) is 18.8. The van der Waals surface area contributed by atoms with Gasteiger partial charge >= 0.3 is 11.7 Å². The standard InChI is InChI=1S/C20H27N3O4/c24-19(25)15-6-7-17-18(14-15)22(9-8-21-10-12-27-13-11-21)20(26)23(17)16-4-2-1-3-5-16/h6-7,14,16H,1-5,8-13H2,(H,24,25). The van der Waals surface area contributed by atoms with Gasteiger partial charge in [0.1, 0.15) is 0 Å². The Bertz CT molecular complexity index is 873. The van der Waals surface area contributed by atoms with Gasteiger partial charge in [-0.1, -0.05) is 19.3 Å².